The number of halogens is 4. The molecule has 2 aliphatic heterocycles. The van der Waals surface area contributed by atoms with Gasteiger partial charge in [-0.3, -0.25) is 14.4 Å². The minimum atomic E-state index is -4.72. The smallest absolute Gasteiger partial charge is 0.433 e. The van der Waals surface area contributed by atoms with Crippen LogP contribution < -0.4 is 15.8 Å². The Morgan fingerprint density at radius 3 is 2.54 bits per heavy atom. The maximum Gasteiger partial charge on any atom is 0.433 e. The zero-order chi connectivity index (χ0) is 34.2. The summed E-state index contributed by atoms with van der Waals surface area (Å²) >= 11 is 5.98. The average molecular weight is 688 g/mol. The van der Waals surface area contributed by atoms with E-state index in [1.165, 1.54) is 27.8 Å². The van der Waals surface area contributed by atoms with Crippen LogP contribution in [0.15, 0.2) is 41.3 Å². The van der Waals surface area contributed by atoms with E-state index in [9.17, 15) is 32.7 Å². The fourth-order valence-electron chi connectivity index (χ4n) is 5.61. The number of hydrogen-bond donors (Lipinski definition) is 2. The highest BCUT2D eigenvalue weighted by Crippen LogP contribution is 2.31. The van der Waals surface area contributed by atoms with Crippen LogP contribution in [0.3, 0.4) is 0 Å². The third kappa shape index (κ3) is 6.36. The van der Waals surface area contributed by atoms with E-state index in [1.807, 2.05) is 6.08 Å². The molecule has 0 saturated carbocycles. The predicted octanol–water partition coefficient (Wildman–Crippen LogP) is 3.37. The molecule has 0 unspecified atom stereocenters. The van der Waals surface area contributed by atoms with Crippen molar-refractivity contribution in [2.75, 3.05) is 43.0 Å². The molecular weight excluding hydrogens is 659 g/mol. The second kappa shape index (κ2) is 13.1. The lowest BCUT2D eigenvalue weighted by Crippen LogP contribution is -2.51. The highest BCUT2D eigenvalue weighted by atomic mass is 35.5. The largest absolute Gasteiger partial charge is 0.505 e. The summed E-state index contributed by atoms with van der Waals surface area (Å²) in [5, 5.41) is 16.5. The maximum absolute atomic E-state index is 14.1. The first-order valence-electron chi connectivity index (χ1n) is 15.0. The third-order valence-corrected chi connectivity index (χ3v) is 8.19. The van der Waals surface area contributed by atoms with Gasteiger partial charge in [-0.2, -0.15) is 22.7 Å². The van der Waals surface area contributed by atoms with E-state index in [1.54, 1.807) is 11.8 Å². The summed E-state index contributed by atoms with van der Waals surface area (Å²) in [6.07, 6.45) is 0.319. The van der Waals surface area contributed by atoms with Crippen molar-refractivity contribution < 1.29 is 32.6 Å². The molecule has 0 aromatic carbocycles. The number of aromatic nitrogens is 6. The molecule has 14 nitrogen and oxygen atoms in total. The van der Waals surface area contributed by atoms with E-state index in [0.717, 1.165) is 23.4 Å². The van der Waals surface area contributed by atoms with Gasteiger partial charge in [-0.15, -0.1) is 5.10 Å². The number of nitrogens with zero attached hydrogens (tertiary/aromatic N) is 8. The Labute approximate surface area is 275 Å². The van der Waals surface area contributed by atoms with Crippen LogP contribution in [-0.2, 0) is 28.7 Å². The lowest BCUT2D eigenvalue weighted by molar-refractivity contribution is -0.141. The summed E-state index contributed by atoms with van der Waals surface area (Å²) in [5.74, 6) is -0.763. The Kier molecular flexibility index (Phi) is 8.96. The molecule has 0 aliphatic carbocycles. The molecule has 4 aromatic rings. The molecule has 4 aromatic heterocycles. The summed E-state index contributed by atoms with van der Waals surface area (Å²) in [5.41, 5.74) is -1.22. The van der Waals surface area contributed by atoms with E-state index in [-0.39, 0.29) is 67.0 Å². The van der Waals surface area contributed by atoms with E-state index in [2.05, 4.69) is 25.4 Å². The lowest BCUT2D eigenvalue weighted by atomic mass is 10.2. The molecule has 6 rings (SSSR count). The standard InChI is InChI=1S/C30H29ClF3N9O5/c1-2-18-24(40-11-13-41(14-12-40)27(46)23-19(44)6-5-10-35-23)28(47)43-29(38-26(39-43)20-7-3-4-15-48-20)42(18)16-22(45)36-17-8-9-21(30(32,33)34)37-25(17)31/h5-10,44H,2-4,11-16H2,1H3,(H,36,45). The first-order chi connectivity index (χ1) is 23.0. The van der Waals surface area contributed by atoms with Crippen LogP contribution in [0, 0.1) is 0 Å². The highest BCUT2D eigenvalue weighted by Gasteiger charge is 2.34. The van der Waals surface area contributed by atoms with Gasteiger partial charge in [0, 0.05) is 32.4 Å². The second-order valence-electron chi connectivity index (χ2n) is 11.0. The lowest BCUT2D eigenvalue weighted by Gasteiger charge is -2.36. The van der Waals surface area contributed by atoms with Gasteiger partial charge in [0.05, 0.1) is 18.0 Å². The van der Waals surface area contributed by atoms with Crippen molar-refractivity contribution in [1.29, 1.82) is 0 Å². The Hall–Kier alpha value is -5.19. The van der Waals surface area contributed by atoms with Gasteiger partial charge < -0.3 is 29.5 Å². The molecule has 1 saturated heterocycles. The molecule has 0 spiro atoms. The number of carbonyl (C=O) groups excluding carboxylic acids is 2. The van der Waals surface area contributed by atoms with Crippen molar-refractivity contribution in [2.45, 2.75) is 38.9 Å². The molecule has 252 valence electrons. The van der Waals surface area contributed by atoms with Gasteiger partial charge in [-0.1, -0.05) is 18.5 Å². The van der Waals surface area contributed by atoms with Crippen LogP contribution in [0.25, 0.3) is 11.5 Å². The van der Waals surface area contributed by atoms with Crippen molar-refractivity contribution in [3.63, 3.8) is 0 Å². The number of amides is 2. The van der Waals surface area contributed by atoms with E-state index >= 15 is 0 Å². The number of hydrogen-bond acceptors (Lipinski definition) is 10. The zero-order valence-corrected chi connectivity index (χ0v) is 26.3. The van der Waals surface area contributed by atoms with E-state index in [0.29, 0.717) is 24.1 Å². The van der Waals surface area contributed by atoms with Gasteiger partial charge in [0.25, 0.3) is 11.5 Å². The van der Waals surface area contributed by atoms with Crippen molar-refractivity contribution in [3.8, 4) is 5.75 Å². The Morgan fingerprint density at radius 2 is 1.90 bits per heavy atom. The number of carbonyl (C=O) groups is 2. The Bertz CT molecular complexity index is 1990. The number of rotatable bonds is 7. The van der Waals surface area contributed by atoms with Crippen LogP contribution in [0.1, 0.15) is 47.5 Å². The monoisotopic (exact) mass is 687 g/mol. The predicted molar refractivity (Wildman–Crippen MR) is 167 cm³/mol. The molecule has 18 heteroatoms. The maximum atomic E-state index is 14.1. The normalized spacial score (nSPS) is 15.3. The molecule has 48 heavy (non-hydrogen) atoms. The molecular formula is C30H29ClF3N9O5. The van der Waals surface area contributed by atoms with Crippen LogP contribution in [0.4, 0.5) is 24.5 Å². The second-order valence-corrected chi connectivity index (χ2v) is 11.3. The van der Waals surface area contributed by atoms with Gasteiger partial charge >= 0.3 is 6.18 Å². The molecule has 2 aliphatic rings. The number of allylic oxidation sites excluding steroid dienone is 1. The number of pyridine rings is 2. The van der Waals surface area contributed by atoms with Crippen molar-refractivity contribution in [2.24, 2.45) is 0 Å². The molecule has 2 N–H and O–H groups in total. The number of ether oxygens (including phenoxy) is 1. The van der Waals surface area contributed by atoms with Crippen LogP contribution >= 0.6 is 11.6 Å². The van der Waals surface area contributed by atoms with Gasteiger partial charge in [0.1, 0.15) is 23.7 Å². The number of fused-ring (bicyclic) bond motifs is 1. The van der Waals surface area contributed by atoms with Crippen molar-refractivity contribution in [3.05, 3.63) is 75.0 Å². The topological polar surface area (TPSA) is 160 Å². The fraction of sp³-hybridized carbons (Fsp3) is 0.367. The number of aromatic hydroxyl groups is 1. The highest BCUT2D eigenvalue weighted by molar-refractivity contribution is 6.32. The minimum Gasteiger partial charge on any atom is -0.505 e. The van der Waals surface area contributed by atoms with Crippen molar-refractivity contribution in [1.82, 2.24) is 34.0 Å². The molecule has 2 amide bonds. The number of alkyl halides is 3. The molecule has 1 fully saturated rings. The quantitative estimate of drug-likeness (QED) is 0.276. The SMILES string of the molecule is CCc1c(N2CCN(C(=O)c3ncccc3O)CC2)c(=O)n2nc(C3=CCCCO3)nc2n1CC(=O)Nc1ccc(C(F)(F)F)nc1Cl. The average Bonchev–Trinajstić information content (AvgIpc) is 3.53. The first-order valence-corrected chi connectivity index (χ1v) is 15.4. The Balaban J connectivity index is 1.35. The van der Waals surface area contributed by atoms with Crippen LogP contribution in [0.5, 0.6) is 5.75 Å². The number of piperazine rings is 1. The van der Waals surface area contributed by atoms with Crippen LogP contribution in [0.2, 0.25) is 5.15 Å². The van der Waals surface area contributed by atoms with Crippen molar-refractivity contribution >= 4 is 46.3 Å². The van der Waals surface area contributed by atoms with Gasteiger partial charge in [0.15, 0.2) is 16.6 Å². The van der Waals surface area contributed by atoms with E-state index < -0.39 is 40.9 Å². The fourth-order valence-corrected chi connectivity index (χ4v) is 5.81. The molecule has 0 radical (unpaired) electrons. The summed E-state index contributed by atoms with van der Waals surface area (Å²) in [7, 11) is 0. The van der Waals surface area contributed by atoms with Gasteiger partial charge in [0.2, 0.25) is 17.5 Å². The molecule has 0 atom stereocenters. The Morgan fingerprint density at radius 1 is 1.12 bits per heavy atom. The summed E-state index contributed by atoms with van der Waals surface area (Å²) in [6, 6.07) is 4.60. The van der Waals surface area contributed by atoms with Gasteiger partial charge in [-0.25, -0.2) is 9.97 Å². The zero-order valence-electron chi connectivity index (χ0n) is 25.5. The number of anilines is 2. The summed E-state index contributed by atoms with van der Waals surface area (Å²) in [6.45, 7) is 2.72. The van der Waals surface area contributed by atoms with Gasteiger partial charge in [-0.05, 0) is 49.6 Å². The first kappa shape index (κ1) is 32.7. The number of nitrogens with one attached hydrogen (secondary N) is 1. The molecule has 6 heterocycles. The summed E-state index contributed by atoms with van der Waals surface area (Å²) in [4.78, 5) is 55.8. The van der Waals surface area contributed by atoms with Crippen LogP contribution in [-0.4, -0.2) is 83.7 Å². The van der Waals surface area contributed by atoms with E-state index in [4.69, 9.17) is 16.3 Å². The third-order valence-electron chi connectivity index (χ3n) is 7.90. The molecule has 0 bridgehead atoms. The summed E-state index contributed by atoms with van der Waals surface area (Å²) < 4.78 is 47.6. The minimum absolute atomic E-state index is 0.0527.